The Morgan fingerprint density at radius 1 is 0.867 bits per heavy atom. The van der Waals surface area contributed by atoms with E-state index in [0.29, 0.717) is 5.56 Å². The van der Waals surface area contributed by atoms with Crippen molar-refractivity contribution < 1.29 is 4.79 Å². The minimum absolute atomic E-state index is 0.0706. The number of hydrogen-bond donors (Lipinski definition) is 1. The molecule has 0 spiro atoms. The van der Waals surface area contributed by atoms with Crippen LogP contribution < -0.4 is 10.2 Å². The molecule has 2 heterocycles. The molecule has 0 saturated carbocycles. The summed E-state index contributed by atoms with van der Waals surface area (Å²) in [6.07, 6.45) is 3.82. The highest BCUT2D eigenvalue weighted by molar-refractivity contribution is 6.11. The van der Waals surface area contributed by atoms with E-state index in [4.69, 9.17) is 0 Å². The second kappa shape index (κ2) is 7.86. The number of carbonyl (C=O) groups is 1. The average molecular weight is 398 g/mol. The lowest BCUT2D eigenvalue weighted by molar-refractivity contribution is 0.102. The third-order valence-electron chi connectivity index (χ3n) is 6.20. The first kappa shape index (κ1) is 18.7. The number of hydrogen-bond acceptors (Lipinski definition) is 2. The topological polar surface area (TPSA) is 37.3 Å². The Morgan fingerprint density at radius 3 is 2.37 bits per heavy atom. The lowest BCUT2D eigenvalue weighted by Crippen LogP contribution is -2.29. The van der Waals surface area contributed by atoms with Crippen LogP contribution in [0.15, 0.2) is 66.7 Å². The molecule has 1 aliphatic heterocycles. The van der Waals surface area contributed by atoms with Gasteiger partial charge in [-0.2, -0.15) is 0 Å². The summed E-state index contributed by atoms with van der Waals surface area (Å²) in [5.41, 5.74) is 5.15. The molecule has 3 aromatic carbocycles. The van der Waals surface area contributed by atoms with Crippen molar-refractivity contribution in [2.24, 2.45) is 0 Å². The maximum absolute atomic E-state index is 12.8. The Hall–Kier alpha value is -3.27. The predicted octanol–water partition coefficient (Wildman–Crippen LogP) is 6.06. The number of anilines is 2. The van der Waals surface area contributed by atoms with Gasteiger partial charge in [0.2, 0.25) is 0 Å². The average Bonchev–Trinajstić information content (AvgIpc) is 3.13. The second-order valence-electron chi connectivity index (χ2n) is 8.04. The fourth-order valence-corrected chi connectivity index (χ4v) is 4.65. The van der Waals surface area contributed by atoms with Crippen LogP contribution in [0.1, 0.15) is 36.5 Å². The van der Waals surface area contributed by atoms with Crippen molar-refractivity contribution in [3.8, 4) is 0 Å². The van der Waals surface area contributed by atoms with Gasteiger partial charge in [0, 0.05) is 58.4 Å². The number of amides is 1. The van der Waals surface area contributed by atoms with Gasteiger partial charge >= 0.3 is 0 Å². The van der Waals surface area contributed by atoms with Gasteiger partial charge in [-0.1, -0.05) is 18.2 Å². The first-order valence-electron chi connectivity index (χ1n) is 10.9. The van der Waals surface area contributed by atoms with Crippen LogP contribution in [-0.4, -0.2) is 23.6 Å². The SMILES string of the molecule is CCn1c2ccccc2c2cc(NC(=O)c3ccc(N4CCCCC4)cc3)ccc21. The summed E-state index contributed by atoms with van der Waals surface area (Å²) in [6.45, 7) is 5.29. The number of aryl methyl sites for hydroxylation is 1. The Bertz CT molecular complexity index is 1200. The van der Waals surface area contributed by atoms with E-state index in [2.05, 4.69) is 70.2 Å². The highest BCUT2D eigenvalue weighted by Crippen LogP contribution is 2.31. The van der Waals surface area contributed by atoms with Crippen LogP contribution in [0, 0.1) is 0 Å². The summed E-state index contributed by atoms with van der Waals surface area (Å²) >= 11 is 0. The number of aromatic nitrogens is 1. The summed E-state index contributed by atoms with van der Waals surface area (Å²) in [6, 6.07) is 22.6. The van der Waals surface area contributed by atoms with Gasteiger partial charge in [0.05, 0.1) is 0 Å². The molecule has 152 valence electrons. The number of fused-ring (bicyclic) bond motifs is 3. The van der Waals surface area contributed by atoms with E-state index in [-0.39, 0.29) is 5.91 Å². The van der Waals surface area contributed by atoms with Crippen molar-refractivity contribution in [1.82, 2.24) is 4.57 Å². The van der Waals surface area contributed by atoms with Crippen LogP contribution in [-0.2, 0) is 6.54 Å². The van der Waals surface area contributed by atoms with Gasteiger partial charge in [0.25, 0.3) is 5.91 Å². The summed E-state index contributed by atoms with van der Waals surface area (Å²) in [7, 11) is 0. The quantitative estimate of drug-likeness (QED) is 0.455. The van der Waals surface area contributed by atoms with Crippen molar-refractivity contribution in [3.05, 3.63) is 72.3 Å². The van der Waals surface area contributed by atoms with Crippen molar-refractivity contribution in [2.45, 2.75) is 32.7 Å². The van der Waals surface area contributed by atoms with Crippen LogP contribution in [0.25, 0.3) is 21.8 Å². The summed E-state index contributed by atoms with van der Waals surface area (Å²) < 4.78 is 2.32. The highest BCUT2D eigenvalue weighted by atomic mass is 16.1. The molecule has 1 aromatic heterocycles. The van der Waals surface area contributed by atoms with Crippen molar-refractivity contribution in [1.29, 1.82) is 0 Å². The molecule has 4 heteroatoms. The molecular weight excluding hydrogens is 370 g/mol. The molecule has 0 bridgehead atoms. The fraction of sp³-hybridized carbons (Fsp3) is 0.269. The molecule has 0 atom stereocenters. The first-order chi connectivity index (χ1) is 14.7. The van der Waals surface area contributed by atoms with Gasteiger partial charge in [-0.05, 0) is 74.7 Å². The molecular formula is C26H27N3O. The molecule has 0 radical (unpaired) electrons. The molecule has 1 fully saturated rings. The van der Waals surface area contributed by atoms with Gasteiger partial charge in [-0.3, -0.25) is 4.79 Å². The molecule has 1 N–H and O–H groups in total. The minimum atomic E-state index is -0.0706. The lowest BCUT2D eigenvalue weighted by Gasteiger charge is -2.28. The standard InChI is InChI=1S/C26H27N3O/c1-2-29-24-9-5-4-8-22(24)23-18-20(12-15-25(23)29)27-26(30)19-10-13-21(14-11-19)28-16-6-3-7-17-28/h4-5,8-15,18H,2-3,6-7,16-17H2,1H3,(H,27,30). The van der Waals surface area contributed by atoms with Gasteiger partial charge < -0.3 is 14.8 Å². The van der Waals surface area contributed by atoms with Gasteiger partial charge in [-0.25, -0.2) is 0 Å². The predicted molar refractivity (Wildman–Crippen MR) is 126 cm³/mol. The normalized spacial score (nSPS) is 14.4. The maximum Gasteiger partial charge on any atom is 0.255 e. The number of nitrogens with zero attached hydrogens (tertiary/aromatic N) is 2. The van der Waals surface area contributed by atoms with Gasteiger partial charge in [-0.15, -0.1) is 0 Å². The molecule has 1 saturated heterocycles. The summed E-state index contributed by atoms with van der Waals surface area (Å²) in [5, 5.41) is 5.47. The number of para-hydroxylation sites is 1. The van der Waals surface area contributed by atoms with Crippen LogP contribution in [0.2, 0.25) is 0 Å². The molecule has 5 rings (SSSR count). The zero-order chi connectivity index (χ0) is 20.5. The van der Waals surface area contributed by atoms with Crippen LogP contribution in [0.5, 0.6) is 0 Å². The number of carbonyl (C=O) groups excluding carboxylic acids is 1. The molecule has 0 unspecified atom stereocenters. The molecule has 1 amide bonds. The summed E-state index contributed by atoms with van der Waals surface area (Å²) in [4.78, 5) is 15.2. The second-order valence-corrected chi connectivity index (χ2v) is 8.04. The Kier molecular flexibility index (Phi) is 4.91. The minimum Gasteiger partial charge on any atom is -0.372 e. The zero-order valence-corrected chi connectivity index (χ0v) is 17.4. The van der Waals surface area contributed by atoms with Crippen molar-refractivity contribution >= 4 is 39.1 Å². The van der Waals surface area contributed by atoms with E-state index in [1.54, 1.807) is 0 Å². The van der Waals surface area contributed by atoms with E-state index in [9.17, 15) is 4.79 Å². The third-order valence-corrected chi connectivity index (χ3v) is 6.20. The van der Waals surface area contributed by atoms with Crippen molar-refractivity contribution in [3.63, 3.8) is 0 Å². The zero-order valence-electron chi connectivity index (χ0n) is 17.4. The Balaban J connectivity index is 1.40. The van der Waals surface area contributed by atoms with E-state index in [1.165, 1.54) is 46.8 Å². The van der Waals surface area contributed by atoms with Crippen LogP contribution >= 0.6 is 0 Å². The largest absolute Gasteiger partial charge is 0.372 e. The monoisotopic (exact) mass is 397 g/mol. The summed E-state index contributed by atoms with van der Waals surface area (Å²) in [5.74, 6) is -0.0706. The molecule has 0 aliphatic carbocycles. The Morgan fingerprint density at radius 2 is 1.60 bits per heavy atom. The third kappa shape index (κ3) is 3.32. The molecule has 30 heavy (non-hydrogen) atoms. The number of benzene rings is 3. The molecule has 4 aromatic rings. The number of piperidine rings is 1. The van der Waals surface area contributed by atoms with E-state index in [1.807, 2.05) is 18.2 Å². The van der Waals surface area contributed by atoms with E-state index < -0.39 is 0 Å². The van der Waals surface area contributed by atoms with E-state index in [0.717, 1.165) is 25.3 Å². The lowest BCUT2D eigenvalue weighted by atomic mass is 10.1. The number of rotatable bonds is 4. The van der Waals surface area contributed by atoms with Gasteiger partial charge in [0.15, 0.2) is 0 Å². The Labute approximate surface area is 177 Å². The first-order valence-corrected chi connectivity index (χ1v) is 10.9. The van der Waals surface area contributed by atoms with Gasteiger partial charge in [0.1, 0.15) is 0 Å². The van der Waals surface area contributed by atoms with Crippen molar-refractivity contribution in [2.75, 3.05) is 23.3 Å². The van der Waals surface area contributed by atoms with E-state index >= 15 is 0 Å². The smallest absolute Gasteiger partial charge is 0.255 e. The fourth-order valence-electron chi connectivity index (χ4n) is 4.65. The maximum atomic E-state index is 12.8. The highest BCUT2D eigenvalue weighted by Gasteiger charge is 2.14. The molecule has 1 aliphatic rings. The van der Waals surface area contributed by atoms with Crippen LogP contribution in [0.3, 0.4) is 0 Å². The number of nitrogens with one attached hydrogen (secondary N) is 1. The molecule has 4 nitrogen and oxygen atoms in total. The van der Waals surface area contributed by atoms with Crippen LogP contribution in [0.4, 0.5) is 11.4 Å².